The lowest BCUT2D eigenvalue weighted by Crippen LogP contribution is -2.49. The molecule has 0 aromatic rings. The van der Waals surface area contributed by atoms with Crippen molar-refractivity contribution in [1.29, 1.82) is 0 Å². The summed E-state index contributed by atoms with van der Waals surface area (Å²) in [6, 6.07) is 0.338. The Kier molecular flexibility index (Phi) is 4.92. The number of hydrogen-bond acceptors (Lipinski definition) is 2. The Morgan fingerprint density at radius 3 is 2.18 bits per heavy atom. The van der Waals surface area contributed by atoms with E-state index in [0.717, 1.165) is 32.1 Å². The maximum atomic E-state index is 12.4. The van der Waals surface area contributed by atoms with Crippen LogP contribution in [-0.4, -0.2) is 16.9 Å². The van der Waals surface area contributed by atoms with Crippen LogP contribution in [-0.2, 0) is 4.79 Å². The van der Waals surface area contributed by atoms with Crippen molar-refractivity contribution in [3.63, 3.8) is 0 Å². The molecule has 2 atom stereocenters. The molecule has 0 aliphatic heterocycles. The molecule has 17 heavy (non-hydrogen) atoms. The summed E-state index contributed by atoms with van der Waals surface area (Å²) >= 11 is 5.16. The summed E-state index contributed by atoms with van der Waals surface area (Å²) in [5.41, 5.74) is 5.22. The fraction of sp³-hybridized carbons (Fsp3) is 0.846. The van der Waals surface area contributed by atoms with E-state index in [0.29, 0.717) is 16.9 Å². The summed E-state index contributed by atoms with van der Waals surface area (Å²) in [6.45, 7) is 6.28. The van der Waals surface area contributed by atoms with Crippen molar-refractivity contribution in [2.45, 2.75) is 58.9 Å². The van der Waals surface area contributed by atoms with Crippen molar-refractivity contribution in [2.24, 2.45) is 17.1 Å². The normalized spacial score (nSPS) is 23.2. The van der Waals surface area contributed by atoms with Crippen LogP contribution in [0, 0.1) is 11.3 Å². The SMILES string of the molecule is CCCC(CCC)(C(=O)NC1CC1C)C(N)=S. The van der Waals surface area contributed by atoms with E-state index in [9.17, 15) is 4.79 Å². The minimum Gasteiger partial charge on any atom is -0.392 e. The van der Waals surface area contributed by atoms with Gasteiger partial charge >= 0.3 is 0 Å². The highest BCUT2D eigenvalue weighted by Crippen LogP contribution is 2.34. The first-order valence-corrected chi connectivity index (χ1v) is 6.99. The van der Waals surface area contributed by atoms with Gasteiger partial charge in [0.25, 0.3) is 0 Å². The van der Waals surface area contributed by atoms with Crippen molar-refractivity contribution in [3.8, 4) is 0 Å². The zero-order chi connectivity index (χ0) is 13.1. The molecule has 1 amide bonds. The van der Waals surface area contributed by atoms with Gasteiger partial charge in [-0.15, -0.1) is 0 Å². The first-order valence-electron chi connectivity index (χ1n) is 6.58. The predicted octanol–water partition coefficient (Wildman–Crippen LogP) is 2.38. The molecule has 3 nitrogen and oxygen atoms in total. The van der Waals surface area contributed by atoms with Crippen LogP contribution in [0.1, 0.15) is 52.9 Å². The van der Waals surface area contributed by atoms with E-state index in [1.165, 1.54) is 0 Å². The number of thiocarbonyl (C=S) groups is 1. The maximum absolute atomic E-state index is 12.4. The van der Waals surface area contributed by atoms with E-state index >= 15 is 0 Å². The van der Waals surface area contributed by atoms with Crippen LogP contribution in [0.15, 0.2) is 0 Å². The van der Waals surface area contributed by atoms with E-state index in [2.05, 4.69) is 26.1 Å². The highest BCUT2D eigenvalue weighted by molar-refractivity contribution is 7.80. The lowest BCUT2D eigenvalue weighted by atomic mass is 9.78. The summed E-state index contributed by atoms with van der Waals surface area (Å²) in [4.78, 5) is 12.8. The van der Waals surface area contributed by atoms with Gasteiger partial charge in [0.05, 0.1) is 10.4 Å². The van der Waals surface area contributed by atoms with Crippen molar-refractivity contribution in [2.75, 3.05) is 0 Å². The van der Waals surface area contributed by atoms with Crippen LogP contribution >= 0.6 is 12.2 Å². The minimum absolute atomic E-state index is 0.0445. The van der Waals surface area contributed by atoms with Gasteiger partial charge in [0.15, 0.2) is 0 Å². The van der Waals surface area contributed by atoms with E-state index in [4.69, 9.17) is 18.0 Å². The van der Waals surface area contributed by atoms with Crippen molar-refractivity contribution in [1.82, 2.24) is 5.32 Å². The quantitative estimate of drug-likeness (QED) is 0.688. The molecule has 3 N–H and O–H groups in total. The van der Waals surface area contributed by atoms with Gasteiger partial charge in [-0.3, -0.25) is 4.79 Å². The lowest BCUT2D eigenvalue weighted by molar-refractivity contribution is -0.128. The molecule has 0 radical (unpaired) electrons. The predicted molar refractivity (Wildman–Crippen MR) is 74.7 cm³/mol. The van der Waals surface area contributed by atoms with Crippen molar-refractivity contribution >= 4 is 23.1 Å². The summed E-state index contributed by atoms with van der Waals surface area (Å²) in [5.74, 6) is 0.647. The van der Waals surface area contributed by atoms with Gasteiger partial charge < -0.3 is 11.1 Å². The number of amides is 1. The lowest BCUT2D eigenvalue weighted by Gasteiger charge is -2.31. The number of nitrogens with one attached hydrogen (secondary N) is 1. The third-order valence-corrected chi connectivity index (χ3v) is 4.08. The molecule has 1 fully saturated rings. The van der Waals surface area contributed by atoms with Crippen LogP contribution in [0.25, 0.3) is 0 Å². The number of carbonyl (C=O) groups is 1. The molecule has 0 bridgehead atoms. The Balaban J connectivity index is 2.78. The standard InChI is InChI=1S/C13H24N2OS/c1-4-6-13(7-5-2,11(14)17)12(16)15-10-8-9(10)3/h9-10H,4-8H2,1-3H3,(H2,14,17)(H,15,16). The molecule has 1 aliphatic rings. The third-order valence-electron chi connectivity index (χ3n) is 3.69. The van der Waals surface area contributed by atoms with Crippen LogP contribution < -0.4 is 11.1 Å². The van der Waals surface area contributed by atoms with Crippen molar-refractivity contribution < 1.29 is 4.79 Å². The largest absolute Gasteiger partial charge is 0.392 e. The molecule has 4 heteroatoms. The van der Waals surface area contributed by atoms with Crippen LogP contribution in [0.5, 0.6) is 0 Å². The molecular weight excluding hydrogens is 232 g/mol. The van der Waals surface area contributed by atoms with E-state index < -0.39 is 5.41 Å². The zero-order valence-electron chi connectivity index (χ0n) is 11.1. The zero-order valence-corrected chi connectivity index (χ0v) is 11.9. The number of rotatable bonds is 7. The highest BCUT2D eigenvalue weighted by Gasteiger charge is 2.43. The van der Waals surface area contributed by atoms with Gasteiger partial charge in [-0.05, 0) is 25.2 Å². The van der Waals surface area contributed by atoms with E-state index in [1.807, 2.05) is 0 Å². The Bertz CT molecular complexity index is 298. The molecule has 1 rings (SSSR count). The minimum atomic E-state index is -0.624. The summed E-state index contributed by atoms with van der Waals surface area (Å²) in [6.07, 6.45) is 4.43. The molecule has 1 aliphatic carbocycles. The van der Waals surface area contributed by atoms with Crippen LogP contribution in [0.3, 0.4) is 0 Å². The Labute approximate surface area is 110 Å². The smallest absolute Gasteiger partial charge is 0.233 e. The maximum Gasteiger partial charge on any atom is 0.233 e. The van der Waals surface area contributed by atoms with Crippen molar-refractivity contribution in [3.05, 3.63) is 0 Å². The third kappa shape index (κ3) is 3.18. The van der Waals surface area contributed by atoms with Gasteiger partial charge in [-0.2, -0.15) is 0 Å². The Hall–Kier alpha value is -0.640. The fourth-order valence-electron chi connectivity index (χ4n) is 2.39. The molecule has 2 unspecified atom stereocenters. The van der Waals surface area contributed by atoms with Gasteiger partial charge in [0.1, 0.15) is 0 Å². The molecule has 0 saturated heterocycles. The molecule has 0 aromatic heterocycles. The average Bonchev–Trinajstić information content (AvgIpc) is 2.93. The van der Waals surface area contributed by atoms with Gasteiger partial charge in [-0.25, -0.2) is 0 Å². The first kappa shape index (κ1) is 14.4. The van der Waals surface area contributed by atoms with Crippen LogP contribution in [0.4, 0.5) is 0 Å². The Morgan fingerprint density at radius 1 is 1.41 bits per heavy atom. The number of nitrogens with two attached hydrogens (primary N) is 1. The second kappa shape index (κ2) is 5.80. The van der Waals surface area contributed by atoms with Crippen LogP contribution in [0.2, 0.25) is 0 Å². The molecule has 98 valence electrons. The van der Waals surface area contributed by atoms with Gasteiger partial charge in [0.2, 0.25) is 5.91 Å². The Morgan fingerprint density at radius 2 is 1.88 bits per heavy atom. The molecule has 0 spiro atoms. The van der Waals surface area contributed by atoms with Gasteiger partial charge in [0, 0.05) is 6.04 Å². The number of carbonyl (C=O) groups excluding carboxylic acids is 1. The van der Waals surface area contributed by atoms with E-state index in [-0.39, 0.29) is 5.91 Å². The second-order valence-corrected chi connectivity index (χ2v) is 5.68. The molecule has 0 aromatic carbocycles. The van der Waals surface area contributed by atoms with E-state index in [1.54, 1.807) is 0 Å². The molecular formula is C13H24N2OS. The van der Waals surface area contributed by atoms with Gasteiger partial charge in [-0.1, -0.05) is 45.8 Å². The average molecular weight is 256 g/mol. The fourth-order valence-corrected chi connectivity index (χ4v) is 2.69. The topological polar surface area (TPSA) is 55.1 Å². The monoisotopic (exact) mass is 256 g/mol. The molecule has 1 saturated carbocycles. The summed E-state index contributed by atoms with van der Waals surface area (Å²) in [5, 5.41) is 3.09. The first-order chi connectivity index (χ1) is 7.97. The second-order valence-electron chi connectivity index (χ2n) is 5.24. The summed E-state index contributed by atoms with van der Waals surface area (Å²) < 4.78 is 0. The summed E-state index contributed by atoms with van der Waals surface area (Å²) in [7, 11) is 0. The highest BCUT2D eigenvalue weighted by atomic mass is 32.1. The molecule has 0 heterocycles. The number of hydrogen-bond donors (Lipinski definition) is 2.